The van der Waals surface area contributed by atoms with E-state index in [1.807, 2.05) is 13.0 Å². The highest BCUT2D eigenvalue weighted by Crippen LogP contribution is 2.29. The zero-order valence-electron chi connectivity index (χ0n) is 8.66. The van der Waals surface area contributed by atoms with Gasteiger partial charge in [0, 0.05) is 12.0 Å². The van der Waals surface area contributed by atoms with Crippen molar-refractivity contribution in [1.29, 1.82) is 0 Å². The van der Waals surface area contributed by atoms with Crippen molar-refractivity contribution in [1.82, 2.24) is 0 Å². The predicted octanol–water partition coefficient (Wildman–Crippen LogP) is 1.23. The molecule has 14 heavy (non-hydrogen) atoms. The van der Waals surface area contributed by atoms with Crippen LogP contribution in [0.3, 0.4) is 0 Å². The van der Waals surface area contributed by atoms with Gasteiger partial charge in [-0.05, 0) is 12.5 Å². The highest BCUT2D eigenvalue weighted by Gasteiger charge is 2.24. The average Bonchev–Trinajstić information content (AvgIpc) is 2.19. The fourth-order valence-corrected chi connectivity index (χ4v) is 2.25. The smallest absolute Gasteiger partial charge is 0.177 e. The summed E-state index contributed by atoms with van der Waals surface area (Å²) in [7, 11) is -3.05. The second-order valence-corrected chi connectivity index (χ2v) is 6.18. The van der Waals surface area contributed by atoms with Gasteiger partial charge in [-0.1, -0.05) is 26.0 Å². The molecule has 0 aliphatic heterocycles. The lowest BCUT2D eigenvalue weighted by Gasteiger charge is -2.25. The third-order valence-electron chi connectivity index (χ3n) is 2.62. The van der Waals surface area contributed by atoms with Gasteiger partial charge in [0.05, 0.1) is 10.7 Å². The number of hydrogen-bond acceptors (Lipinski definition) is 3. The molecule has 1 aliphatic rings. The number of allylic oxidation sites excluding steroid dienone is 2. The van der Waals surface area contributed by atoms with Gasteiger partial charge in [-0.3, -0.25) is 0 Å². The average molecular weight is 215 g/mol. The lowest BCUT2D eigenvalue weighted by Crippen LogP contribution is -2.26. The van der Waals surface area contributed by atoms with E-state index in [1.54, 1.807) is 19.1 Å². The minimum Gasteiger partial charge on any atom is -0.330 e. The normalized spacial score (nSPS) is 27.5. The third kappa shape index (κ3) is 2.25. The Balaban J connectivity index is 2.89. The lowest BCUT2D eigenvalue weighted by molar-refractivity contribution is 0.442. The van der Waals surface area contributed by atoms with Gasteiger partial charge < -0.3 is 5.73 Å². The van der Waals surface area contributed by atoms with E-state index in [2.05, 4.69) is 0 Å². The molecule has 1 atom stereocenters. The fraction of sp³-hybridized carbons (Fsp3) is 0.600. The molecular weight excluding hydrogens is 198 g/mol. The van der Waals surface area contributed by atoms with Gasteiger partial charge in [-0.2, -0.15) is 0 Å². The van der Waals surface area contributed by atoms with Crippen LogP contribution in [0, 0.1) is 5.41 Å². The van der Waals surface area contributed by atoms with E-state index in [1.165, 1.54) is 0 Å². The van der Waals surface area contributed by atoms with Gasteiger partial charge in [0.2, 0.25) is 0 Å². The van der Waals surface area contributed by atoms with E-state index in [0.717, 1.165) is 0 Å². The zero-order chi connectivity index (χ0) is 10.8. The molecule has 3 nitrogen and oxygen atoms in total. The maximum atomic E-state index is 11.5. The Hall–Kier alpha value is -0.610. The maximum absolute atomic E-state index is 11.5. The second-order valence-electron chi connectivity index (χ2n) is 3.91. The standard InChI is InChI=1S/C10H17NO2S/c1-3-14(12,13)9-4-6-10(2,8-11)7-5-9/h4-6H,3,7-8,11H2,1-2H3. The molecule has 0 radical (unpaired) electrons. The minimum atomic E-state index is -3.05. The first-order valence-corrected chi connectivity index (χ1v) is 6.41. The maximum Gasteiger partial charge on any atom is 0.177 e. The van der Waals surface area contributed by atoms with E-state index < -0.39 is 9.84 Å². The van der Waals surface area contributed by atoms with Crippen LogP contribution >= 0.6 is 0 Å². The minimum absolute atomic E-state index is 0.0766. The van der Waals surface area contributed by atoms with Crippen molar-refractivity contribution in [3.8, 4) is 0 Å². The summed E-state index contributed by atoms with van der Waals surface area (Å²) in [4.78, 5) is 0.436. The highest BCUT2D eigenvalue weighted by atomic mass is 32.2. The largest absolute Gasteiger partial charge is 0.330 e. The van der Waals surface area contributed by atoms with E-state index in [4.69, 9.17) is 5.73 Å². The molecule has 1 unspecified atom stereocenters. The Labute approximate surface area is 85.6 Å². The first kappa shape index (κ1) is 11.5. The monoisotopic (exact) mass is 215 g/mol. The Morgan fingerprint density at radius 2 is 2.21 bits per heavy atom. The Kier molecular flexibility index (Phi) is 3.17. The highest BCUT2D eigenvalue weighted by molar-refractivity contribution is 7.95. The molecule has 0 spiro atoms. The fourth-order valence-electron chi connectivity index (χ4n) is 1.30. The summed E-state index contributed by atoms with van der Waals surface area (Å²) in [6.07, 6.45) is 6.05. The van der Waals surface area contributed by atoms with Gasteiger partial charge >= 0.3 is 0 Å². The first-order chi connectivity index (χ1) is 6.43. The summed E-state index contributed by atoms with van der Waals surface area (Å²) in [5.41, 5.74) is 5.52. The van der Waals surface area contributed by atoms with Crippen LogP contribution in [0.4, 0.5) is 0 Å². The van der Waals surface area contributed by atoms with Crippen LogP contribution in [0.25, 0.3) is 0 Å². The molecule has 1 aliphatic carbocycles. The van der Waals surface area contributed by atoms with Crippen LogP contribution in [-0.2, 0) is 9.84 Å². The molecule has 0 fully saturated rings. The van der Waals surface area contributed by atoms with Crippen LogP contribution in [-0.4, -0.2) is 20.7 Å². The second kappa shape index (κ2) is 3.87. The van der Waals surface area contributed by atoms with E-state index in [9.17, 15) is 8.42 Å². The van der Waals surface area contributed by atoms with Crippen LogP contribution in [0.15, 0.2) is 23.1 Å². The van der Waals surface area contributed by atoms with Crippen molar-refractivity contribution in [3.63, 3.8) is 0 Å². The third-order valence-corrected chi connectivity index (χ3v) is 4.41. The molecular formula is C10H17NO2S. The van der Waals surface area contributed by atoms with E-state index in [-0.39, 0.29) is 11.2 Å². The Morgan fingerprint density at radius 3 is 2.57 bits per heavy atom. The first-order valence-electron chi connectivity index (χ1n) is 4.76. The molecule has 2 N–H and O–H groups in total. The van der Waals surface area contributed by atoms with Crippen molar-refractivity contribution >= 4 is 9.84 Å². The number of rotatable bonds is 3. The summed E-state index contributed by atoms with van der Waals surface area (Å²) in [6, 6.07) is 0. The van der Waals surface area contributed by atoms with Crippen molar-refractivity contribution in [3.05, 3.63) is 23.1 Å². The van der Waals surface area contributed by atoms with Crippen LogP contribution in [0.5, 0.6) is 0 Å². The van der Waals surface area contributed by atoms with Crippen molar-refractivity contribution in [2.24, 2.45) is 11.1 Å². The molecule has 0 bridgehead atoms. The number of sulfone groups is 1. The molecule has 4 heteroatoms. The molecule has 0 saturated heterocycles. The van der Waals surface area contributed by atoms with Gasteiger partial charge in [0.15, 0.2) is 9.84 Å². The van der Waals surface area contributed by atoms with Gasteiger partial charge in [-0.25, -0.2) is 8.42 Å². The van der Waals surface area contributed by atoms with Crippen LogP contribution < -0.4 is 5.73 Å². The summed E-state index contributed by atoms with van der Waals surface area (Å²) in [5.74, 6) is 0.155. The molecule has 0 heterocycles. The number of hydrogen-bond donors (Lipinski definition) is 1. The van der Waals surface area contributed by atoms with Gasteiger partial charge in [0.25, 0.3) is 0 Å². The molecule has 1 rings (SSSR count). The Morgan fingerprint density at radius 1 is 1.57 bits per heavy atom. The van der Waals surface area contributed by atoms with E-state index >= 15 is 0 Å². The summed E-state index contributed by atoms with van der Waals surface area (Å²) in [5, 5.41) is 0. The van der Waals surface area contributed by atoms with Gasteiger partial charge in [0.1, 0.15) is 0 Å². The summed E-state index contributed by atoms with van der Waals surface area (Å²) < 4.78 is 23.0. The Bertz CT molecular complexity index is 368. The summed E-state index contributed by atoms with van der Waals surface area (Å²) >= 11 is 0. The number of nitrogens with two attached hydrogens (primary N) is 1. The zero-order valence-corrected chi connectivity index (χ0v) is 9.47. The summed E-state index contributed by atoms with van der Waals surface area (Å²) in [6.45, 7) is 4.22. The quantitative estimate of drug-likeness (QED) is 0.770. The predicted molar refractivity (Wildman–Crippen MR) is 58.5 cm³/mol. The van der Waals surface area contributed by atoms with Crippen LogP contribution in [0.1, 0.15) is 20.3 Å². The topological polar surface area (TPSA) is 60.2 Å². The molecule has 0 aromatic rings. The molecule has 0 saturated carbocycles. The van der Waals surface area contributed by atoms with E-state index in [0.29, 0.717) is 17.9 Å². The van der Waals surface area contributed by atoms with Crippen molar-refractivity contribution in [2.45, 2.75) is 20.3 Å². The molecule has 80 valence electrons. The lowest BCUT2D eigenvalue weighted by atomic mass is 9.84. The molecule has 0 aromatic carbocycles. The van der Waals surface area contributed by atoms with Crippen molar-refractivity contribution < 1.29 is 8.42 Å². The molecule has 0 amide bonds. The molecule has 0 aromatic heterocycles. The van der Waals surface area contributed by atoms with Crippen LogP contribution in [0.2, 0.25) is 0 Å². The van der Waals surface area contributed by atoms with Gasteiger partial charge in [-0.15, -0.1) is 0 Å². The van der Waals surface area contributed by atoms with Crippen molar-refractivity contribution in [2.75, 3.05) is 12.3 Å². The SMILES string of the molecule is CCS(=O)(=O)C1=CCC(C)(CN)C=C1.